The van der Waals surface area contributed by atoms with Crippen LogP contribution >= 0.6 is 0 Å². The predicted octanol–water partition coefficient (Wildman–Crippen LogP) is 5.51. The van der Waals surface area contributed by atoms with Crippen LogP contribution < -0.4 is 0 Å². The Kier molecular flexibility index (Phi) is 16.6. The fraction of sp³-hybridized carbons (Fsp3) is 0.944. The summed E-state index contributed by atoms with van der Waals surface area (Å²) in [6, 6.07) is 0. The molecule has 0 atom stereocenters. The van der Waals surface area contributed by atoms with Crippen LogP contribution in [0, 0.1) is 5.41 Å². The zero-order valence-corrected chi connectivity index (χ0v) is 15.3. The molecule has 0 spiro atoms. The molecule has 0 aliphatic rings. The molecular weight excluding hydrogens is 255 g/mol. The fourth-order valence-corrected chi connectivity index (χ4v) is 3.07. The molecular formula is C18H36LiO2. The van der Waals surface area contributed by atoms with E-state index in [4.69, 9.17) is 4.74 Å². The van der Waals surface area contributed by atoms with Gasteiger partial charge in [-0.1, -0.05) is 59.3 Å². The van der Waals surface area contributed by atoms with E-state index in [-0.39, 0.29) is 24.8 Å². The first-order valence-electron chi connectivity index (χ1n) is 8.73. The Balaban J connectivity index is 0. The summed E-state index contributed by atoms with van der Waals surface area (Å²) in [7, 11) is 0. The van der Waals surface area contributed by atoms with Crippen molar-refractivity contribution in [2.75, 3.05) is 6.61 Å². The predicted molar refractivity (Wildman–Crippen MR) is 92.6 cm³/mol. The maximum Gasteiger partial charge on any atom is 0.302 e. The van der Waals surface area contributed by atoms with Crippen LogP contribution in [0.4, 0.5) is 0 Å². The monoisotopic (exact) mass is 291 g/mol. The van der Waals surface area contributed by atoms with Crippen molar-refractivity contribution in [1.82, 2.24) is 0 Å². The van der Waals surface area contributed by atoms with Gasteiger partial charge in [-0.3, -0.25) is 4.79 Å². The average molecular weight is 291 g/mol. The minimum Gasteiger partial charge on any atom is -0.466 e. The molecule has 2 nitrogen and oxygen atoms in total. The van der Waals surface area contributed by atoms with Crippen molar-refractivity contribution in [2.24, 2.45) is 5.41 Å². The molecule has 0 aromatic rings. The number of ether oxygens (including phenoxy) is 1. The summed E-state index contributed by atoms with van der Waals surface area (Å²) in [4.78, 5) is 10.9. The van der Waals surface area contributed by atoms with Crippen molar-refractivity contribution in [1.29, 1.82) is 0 Å². The van der Waals surface area contributed by atoms with Gasteiger partial charge in [-0.05, 0) is 37.5 Å². The van der Waals surface area contributed by atoms with Gasteiger partial charge in [0.15, 0.2) is 0 Å². The number of unbranched alkanes of at least 4 members (excludes halogenated alkanes) is 3. The standard InChI is InChI=1S/C18H36O2.Li/c1-5-8-12-18(13-9-6-2,14-10-7-3)15-11-16-20-17(4)19;/h5-16H2,1-4H3;. The van der Waals surface area contributed by atoms with Gasteiger partial charge >= 0.3 is 5.97 Å². The van der Waals surface area contributed by atoms with E-state index in [1.165, 1.54) is 71.1 Å². The Bertz CT molecular complexity index is 220. The van der Waals surface area contributed by atoms with Crippen LogP contribution in [0.25, 0.3) is 0 Å². The van der Waals surface area contributed by atoms with Crippen LogP contribution in [0.15, 0.2) is 0 Å². The first kappa shape index (κ1) is 23.3. The molecule has 0 unspecified atom stereocenters. The smallest absolute Gasteiger partial charge is 0.302 e. The van der Waals surface area contributed by atoms with E-state index in [0.29, 0.717) is 12.0 Å². The number of carbonyl (C=O) groups excluding carboxylic acids is 1. The largest absolute Gasteiger partial charge is 0.466 e. The zero-order chi connectivity index (χ0) is 15.3. The van der Waals surface area contributed by atoms with Gasteiger partial charge in [0, 0.05) is 25.8 Å². The molecule has 0 aromatic carbocycles. The number of rotatable bonds is 13. The summed E-state index contributed by atoms with van der Waals surface area (Å²) >= 11 is 0. The molecule has 0 N–H and O–H groups in total. The molecule has 21 heavy (non-hydrogen) atoms. The van der Waals surface area contributed by atoms with Gasteiger partial charge in [-0.2, -0.15) is 0 Å². The van der Waals surface area contributed by atoms with E-state index < -0.39 is 0 Å². The Morgan fingerprint density at radius 1 is 0.810 bits per heavy atom. The van der Waals surface area contributed by atoms with Crippen molar-refractivity contribution in [3.05, 3.63) is 0 Å². The topological polar surface area (TPSA) is 26.3 Å². The van der Waals surface area contributed by atoms with Crippen molar-refractivity contribution >= 4 is 24.8 Å². The van der Waals surface area contributed by atoms with Gasteiger partial charge in [0.25, 0.3) is 0 Å². The van der Waals surface area contributed by atoms with Gasteiger partial charge in [0.2, 0.25) is 0 Å². The number of hydrogen-bond donors (Lipinski definition) is 0. The SMILES string of the molecule is CCCCC(CCCC)(CCCC)CCCOC(C)=O.[Li]. The average Bonchev–Trinajstić information content (AvgIpc) is 2.44. The van der Waals surface area contributed by atoms with E-state index >= 15 is 0 Å². The molecule has 0 fully saturated rings. The van der Waals surface area contributed by atoms with Gasteiger partial charge < -0.3 is 4.74 Å². The molecule has 0 aliphatic carbocycles. The van der Waals surface area contributed by atoms with Crippen LogP contribution in [-0.2, 0) is 9.53 Å². The summed E-state index contributed by atoms with van der Waals surface area (Å²) in [6.45, 7) is 8.94. The van der Waals surface area contributed by atoms with Crippen LogP contribution in [0.5, 0.6) is 0 Å². The van der Waals surface area contributed by atoms with Gasteiger partial charge in [-0.15, -0.1) is 0 Å². The first-order valence-corrected chi connectivity index (χ1v) is 8.73. The summed E-state index contributed by atoms with van der Waals surface area (Å²) in [5.74, 6) is -0.147. The molecule has 0 saturated heterocycles. The van der Waals surface area contributed by atoms with Gasteiger partial charge in [-0.25, -0.2) is 0 Å². The molecule has 1 radical (unpaired) electrons. The van der Waals surface area contributed by atoms with E-state index in [1.54, 1.807) is 0 Å². The third-order valence-corrected chi connectivity index (χ3v) is 4.34. The second-order valence-corrected chi connectivity index (χ2v) is 6.25. The van der Waals surface area contributed by atoms with Crippen LogP contribution in [0.3, 0.4) is 0 Å². The maximum atomic E-state index is 10.9. The molecule has 121 valence electrons. The quantitative estimate of drug-likeness (QED) is 0.254. The first-order chi connectivity index (χ1) is 9.60. The van der Waals surface area contributed by atoms with Crippen LogP contribution in [0.1, 0.15) is 98.3 Å². The Hall–Kier alpha value is 0.0674. The molecule has 0 rings (SSSR count). The molecule has 0 bridgehead atoms. The summed E-state index contributed by atoms with van der Waals surface area (Å²) < 4.78 is 5.11. The second-order valence-electron chi connectivity index (χ2n) is 6.25. The Morgan fingerprint density at radius 2 is 1.19 bits per heavy atom. The maximum absolute atomic E-state index is 10.9. The van der Waals surface area contributed by atoms with Gasteiger partial charge in [0.1, 0.15) is 0 Å². The number of hydrogen-bond acceptors (Lipinski definition) is 2. The van der Waals surface area contributed by atoms with Crippen LogP contribution in [-0.4, -0.2) is 31.4 Å². The van der Waals surface area contributed by atoms with Crippen LogP contribution in [0.2, 0.25) is 0 Å². The van der Waals surface area contributed by atoms with E-state index in [0.717, 1.165) is 6.42 Å². The molecule has 0 amide bonds. The summed E-state index contributed by atoms with van der Waals surface area (Å²) in [5, 5.41) is 0. The zero-order valence-electron chi connectivity index (χ0n) is 15.3. The normalized spacial score (nSPS) is 11.0. The van der Waals surface area contributed by atoms with Crippen molar-refractivity contribution < 1.29 is 9.53 Å². The summed E-state index contributed by atoms with van der Waals surface area (Å²) in [5.41, 5.74) is 0.502. The molecule has 0 aromatic heterocycles. The minimum absolute atomic E-state index is 0. The number of esters is 1. The third-order valence-electron chi connectivity index (χ3n) is 4.34. The molecule has 0 heterocycles. The second kappa shape index (κ2) is 15.0. The summed E-state index contributed by atoms with van der Waals surface area (Å²) in [6.07, 6.45) is 14.1. The molecule has 0 saturated carbocycles. The minimum atomic E-state index is -0.147. The fourth-order valence-electron chi connectivity index (χ4n) is 3.07. The van der Waals surface area contributed by atoms with Gasteiger partial charge in [0.05, 0.1) is 6.61 Å². The Morgan fingerprint density at radius 3 is 1.52 bits per heavy atom. The van der Waals surface area contributed by atoms with Crippen molar-refractivity contribution in [2.45, 2.75) is 98.3 Å². The number of carbonyl (C=O) groups is 1. The van der Waals surface area contributed by atoms with E-state index in [9.17, 15) is 4.79 Å². The van der Waals surface area contributed by atoms with Crippen molar-refractivity contribution in [3.63, 3.8) is 0 Å². The molecule has 0 aliphatic heterocycles. The third kappa shape index (κ3) is 12.3. The van der Waals surface area contributed by atoms with E-state index in [2.05, 4.69) is 20.8 Å². The van der Waals surface area contributed by atoms with Crippen molar-refractivity contribution in [3.8, 4) is 0 Å². The van der Waals surface area contributed by atoms with E-state index in [1.807, 2.05) is 0 Å². The molecule has 3 heteroatoms. The Labute approximate surface area is 145 Å².